The van der Waals surface area contributed by atoms with Crippen molar-refractivity contribution < 1.29 is 29.2 Å². The molecule has 43 heavy (non-hydrogen) atoms. The van der Waals surface area contributed by atoms with Gasteiger partial charge in [-0.2, -0.15) is 0 Å². The number of hydrogen-bond acceptors (Lipinski definition) is 12. The lowest BCUT2D eigenvalue weighted by Crippen LogP contribution is -1.97. The minimum absolute atomic E-state index is 0.188. The molecule has 5 rings (SSSR count). The van der Waals surface area contributed by atoms with Gasteiger partial charge in [-0.25, -0.2) is 9.97 Å². The lowest BCUT2D eigenvalue weighted by molar-refractivity contribution is -0.422. The molecule has 0 bridgehead atoms. The number of methoxy groups -OCH3 is 3. The summed E-state index contributed by atoms with van der Waals surface area (Å²) in [5, 5.41) is 30.9. The second-order valence-electron chi connectivity index (χ2n) is 8.53. The lowest BCUT2D eigenvalue weighted by Gasteiger charge is -2.05. The number of phenols is 1. The highest BCUT2D eigenvalue weighted by Gasteiger charge is 2.27. The Kier molecular flexibility index (Phi) is 10.7. The summed E-state index contributed by atoms with van der Waals surface area (Å²) in [6.07, 6.45) is 3.06. The Hall–Kier alpha value is -5.08. The highest BCUT2D eigenvalue weighted by atomic mass is 35.5. The van der Waals surface area contributed by atoms with Crippen LogP contribution in [-0.4, -0.2) is 56.2 Å². The smallest absolute Gasteiger partial charge is 0.350 e. The number of fused-ring (bicyclic) bond motifs is 2. The third-order valence-corrected chi connectivity index (χ3v) is 6.09. The number of hydrogen-bond donors (Lipinski definition) is 1. The molecule has 0 atom stereocenters. The topological polar surface area (TPSA) is 186 Å². The summed E-state index contributed by atoms with van der Waals surface area (Å²) < 4.78 is 15.0. The van der Waals surface area contributed by atoms with Gasteiger partial charge in [0.25, 0.3) is 0 Å². The summed E-state index contributed by atoms with van der Waals surface area (Å²) in [4.78, 5) is 35.7. The maximum absolute atomic E-state index is 10.5. The molecule has 0 aliphatic heterocycles. The largest absolute Gasteiger partial charge is 0.504 e. The number of aryl methyl sites for hydroxylation is 2. The van der Waals surface area contributed by atoms with Crippen LogP contribution in [-0.2, 0) is 0 Å². The average molecular weight is 631 g/mol. The Bertz CT molecular complexity index is 1820. The average Bonchev–Trinajstić information content (AvgIpc) is 2.97. The number of halogens is 2. The molecule has 0 spiro atoms. The van der Waals surface area contributed by atoms with Crippen LogP contribution in [0.25, 0.3) is 22.1 Å². The first kappa shape index (κ1) is 32.4. The van der Waals surface area contributed by atoms with Gasteiger partial charge in [0.15, 0.2) is 11.5 Å². The number of nitro groups is 2. The van der Waals surface area contributed by atoms with Crippen LogP contribution in [0, 0.1) is 34.1 Å². The standard InChI is InChI=1S/2C10H9ClN2O.C7H6N2O6/c1-6-3-8-7(4-9(6)14-2)12-5-10(11)13-8;1-6-3-7-8(4-9(6)14-2)13-10(11)5-12-7;1-15-7-3-5(9(13)14)4(8(11)12)2-6(7)10/h2*3-5H,1-2H3;2-3,10H,1H3. The Morgan fingerprint density at radius 3 is 1.51 bits per heavy atom. The van der Waals surface area contributed by atoms with Crippen molar-refractivity contribution >= 4 is 56.6 Å². The van der Waals surface area contributed by atoms with Crippen molar-refractivity contribution in [1.82, 2.24) is 19.9 Å². The van der Waals surface area contributed by atoms with Crippen molar-refractivity contribution in [2.24, 2.45) is 0 Å². The van der Waals surface area contributed by atoms with Crippen LogP contribution >= 0.6 is 23.2 Å². The van der Waals surface area contributed by atoms with Crippen LogP contribution in [0.3, 0.4) is 0 Å². The first-order chi connectivity index (χ1) is 20.4. The van der Waals surface area contributed by atoms with E-state index in [1.807, 2.05) is 38.1 Å². The maximum Gasteiger partial charge on any atom is 0.350 e. The van der Waals surface area contributed by atoms with Crippen molar-refractivity contribution in [2.45, 2.75) is 13.8 Å². The van der Waals surface area contributed by atoms with Gasteiger partial charge in [0.2, 0.25) is 0 Å². The van der Waals surface area contributed by atoms with E-state index < -0.39 is 27.0 Å². The van der Waals surface area contributed by atoms with Crippen LogP contribution in [0.4, 0.5) is 11.4 Å². The van der Waals surface area contributed by atoms with Gasteiger partial charge >= 0.3 is 11.4 Å². The van der Waals surface area contributed by atoms with Crippen molar-refractivity contribution in [1.29, 1.82) is 0 Å². The zero-order valence-electron chi connectivity index (χ0n) is 23.4. The van der Waals surface area contributed by atoms with Gasteiger partial charge < -0.3 is 19.3 Å². The van der Waals surface area contributed by atoms with Gasteiger partial charge in [0.1, 0.15) is 21.8 Å². The summed E-state index contributed by atoms with van der Waals surface area (Å²) in [7, 11) is 4.45. The molecular weight excluding hydrogens is 607 g/mol. The fraction of sp³-hybridized carbons (Fsp3) is 0.185. The number of phenolic OH excluding ortho intramolecular Hbond substituents is 1. The summed E-state index contributed by atoms with van der Waals surface area (Å²) in [6, 6.07) is 9.01. The molecular formula is C27H24Cl2N6O8. The van der Waals surface area contributed by atoms with Gasteiger partial charge in [-0.05, 0) is 37.1 Å². The molecule has 16 heteroatoms. The third kappa shape index (κ3) is 8.02. The molecule has 3 aromatic carbocycles. The van der Waals surface area contributed by atoms with Crippen LogP contribution in [0.1, 0.15) is 11.1 Å². The van der Waals surface area contributed by atoms with E-state index in [9.17, 15) is 25.3 Å². The second-order valence-corrected chi connectivity index (χ2v) is 9.31. The summed E-state index contributed by atoms with van der Waals surface area (Å²) in [5.41, 5.74) is 3.71. The fourth-order valence-electron chi connectivity index (χ4n) is 3.69. The number of aromatic nitrogens is 4. The molecule has 0 aliphatic rings. The van der Waals surface area contributed by atoms with Crippen LogP contribution < -0.4 is 14.2 Å². The first-order valence-corrected chi connectivity index (χ1v) is 12.8. The van der Waals surface area contributed by atoms with Crippen molar-refractivity contribution in [3.05, 3.63) is 90.5 Å². The minimum atomic E-state index is -0.947. The maximum atomic E-state index is 10.5. The summed E-state index contributed by atoms with van der Waals surface area (Å²) in [6.45, 7) is 3.93. The molecule has 0 amide bonds. The van der Waals surface area contributed by atoms with Crippen molar-refractivity contribution in [2.75, 3.05) is 21.3 Å². The normalized spacial score (nSPS) is 10.2. The Labute approximate surface area is 254 Å². The predicted octanol–water partition coefficient (Wildman–Crippen LogP) is 6.42. The number of aromatic hydroxyl groups is 1. The first-order valence-electron chi connectivity index (χ1n) is 12.0. The Morgan fingerprint density at radius 2 is 1.05 bits per heavy atom. The molecule has 2 heterocycles. The van der Waals surface area contributed by atoms with E-state index in [0.29, 0.717) is 16.4 Å². The number of rotatable bonds is 5. The number of nitrogens with zero attached hydrogens (tertiary/aromatic N) is 6. The zero-order valence-corrected chi connectivity index (χ0v) is 24.9. The monoisotopic (exact) mass is 630 g/mol. The van der Waals surface area contributed by atoms with E-state index >= 15 is 0 Å². The highest BCUT2D eigenvalue weighted by Crippen LogP contribution is 2.37. The van der Waals surface area contributed by atoms with Crippen LogP contribution in [0.5, 0.6) is 23.0 Å². The quantitative estimate of drug-likeness (QED) is 0.166. The molecule has 1 N–H and O–H groups in total. The molecule has 0 radical (unpaired) electrons. The molecule has 0 aliphatic carbocycles. The Morgan fingerprint density at radius 1 is 0.651 bits per heavy atom. The number of benzene rings is 3. The molecule has 0 saturated heterocycles. The SMILES string of the molecule is COc1cc([N+](=O)[O-])c([N+](=O)[O-])cc1O.COc1cc2nc(Cl)cnc2cc1C.COc1cc2ncc(Cl)nc2cc1C. The molecule has 14 nitrogen and oxygen atoms in total. The highest BCUT2D eigenvalue weighted by molar-refractivity contribution is 6.29. The summed E-state index contributed by atoms with van der Waals surface area (Å²) >= 11 is 11.5. The molecule has 2 aromatic heterocycles. The summed E-state index contributed by atoms with van der Waals surface area (Å²) in [5.74, 6) is 0.908. The van der Waals surface area contributed by atoms with Crippen molar-refractivity contribution in [3.63, 3.8) is 0 Å². The predicted molar refractivity (Wildman–Crippen MR) is 160 cm³/mol. The van der Waals surface area contributed by atoms with Gasteiger partial charge in [-0.3, -0.25) is 30.2 Å². The number of nitro benzene ring substituents is 2. The minimum Gasteiger partial charge on any atom is -0.504 e. The number of ether oxygens (including phenoxy) is 3. The van der Waals surface area contributed by atoms with E-state index in [1.54, 1.807) is 14.2 Å². The molecule has 5 aromatic rings. The van der Waals surface area contributed by atoms with E-state index in [2.05, 4.69) is 24.7 Å². The van der Waals surface area contributed by atoms with E-state index in [0.717, 1.165) is 50.8 Å². The van der Waals surface area contributed by atoms with Crippen molar-refractivity contribution in [3.8, 4) is 23.0 Å². The molecule has 224 valence electrons. The van der Waals surface area contributed by atoms with Crippen LogP contribution in [0.2, 0.25) is 10.3 Å². The van der Waals surface area contributed by atoms with E-state index in [1.165, 1.54) is 19.5 Å². The fourth-order valence-corrected chi connectivity index (χ4v) is 3.97. The second kappa shape index (κ2) is 14.2. The van der Waals surface area contributed by atoms with E-state index in [4.69, 9.17) is 32.7 Å². The van der Waals surface area contributed by atoms with Gasteiger partial charge in [0.05, 0.1) is 77.8 Å². The van der Waals surface area contributed by atoms with Gasteiger partial charge in [-0.15, -0.1) is 0 Å². The van der Waals surface area contributed by atoms with Crippen LogP contribution in [0.15, 0.2) is 48.8 Å². The van der Waals surface area contributed by atoms with Gasteiger partial charge in [-0.1, -0.05) is 23.2 Å². The molecule has 0 fully saturated rings. The zero-order chi connectivity index (χ0) is 31.8. The molecule has 0 saturated carbocycles. The van der Waals surface area contributed by atoms with E-state index in [-0.39, 0.29) is 5.75 Å². The Balaban J connectivity index is 0.000000177. The lowest BCUT2D eigenvalue weighted by atomic mass is 10.2. The third-order valence-electron chi connectivity index (χ3n) is 5.73. The van der Waals surface area contributed by atoms with Gasteiger partial charge in [0, 0.05) is 12.1 Å². The molecule has 0 unspecified atom stereocenters.